The molecule has 2 aromatic carbocycles. The highest BCUT2D eigenvalue weighted by molar-refractivity contribution is 5.99. The molecule has 6 heteroatoms. The van der Waals surface area contributed by atoms with E-state index in [1.54, 1.807) is 13.3 Å². The van der Waals surface area contributed by atoms with E-state index >= 15 is 0 Å². The van der Waals surface area contributed by atoms with Crippen LogP contribution >= 0.6 is 0 Å². The molecule has 1 amide bonds. The molecule has 1 heterocycles. The summed E-state index contributed by atoms with van der Waals surface area (Å²) in [4.78, 5) is 15.0. The van der Waals surface area contributed by atoms with Gasteiger partial charge in [-0.2, -0.15) is 5.10 Å². The van der Waals surface area contributed by atoms with Crippen LogP contribution in [0.25, 0.3) is 10.9 Å². The van der Waals surface area contributed by atoms with Crippen LogP contribution in [0.1, 0.15) is 5.56 Å². The fourth-order valence-corrected chi connectivity index (χ4v) is 2.31. The summed E-state index contributed by atoms with van der Waals surface area (Å²) in [6.07, 6.45) is 3.49. The summed E-state index contributed by atoms with van der Waals surface area (Å²) in [6.45, 7) is 0.136. The van der Waals surface area contributed by atoms with Crippen LogP contribution in [0.3, 0.4) is 0 Å². The number of nitrogens with zero attached hydrogens (tertiary/aromatic N) is 1. The minimum Gasteiger partial charge on any atom is -0.497 e. The first-order valence-corrected chi connectivity index (χ1v) is 7.52. The molecule has 0 aliphatic rings. The van der Waals surface area contributed by atoms with Gasteiger partial charge in [0.15, 0.2) is 0 Å². The molecule has 0 atom stereocenters. The van der Waals surface area contributed by atoms with Gasteiger partial charge < -0.3 is 15.0 Å². The number of hydrazone groups is 1. The van der Waals surface area contributed by atoms with Crippen molar-refractivity contribution < 1.29 is 9.53 Å². The maximum absolute atomic E-state index is 11.8. The Kier molecular flexibility index (Phi) is 4.76. The average Bonchev–Trinajstić information content (AvgIpc) is 3.04. The lowest BCUT2D eigenvalue weighted by molar-refractivity contribution is -0.119. The molecule has 122 valence electrons. The first-order valence-electron chi connectivity index (χ1n) is 7.52. The van der Waals surface area contributed by atoms with Crippen LogP contribution in [-0.4, -0.2) is 30.8 Å². The highest BCUT2D eigenvalue weighted by atomic mass is 16.5. The van der Waals surface area contributed by atoms with Crippen LogP contribution in [0.2, 0.25) is 0 Å². The van der Waals surface area contributed by atoms with E-state index in [0.717, 1.165) is 27.9 Å². The molecule has 0 bridgehead atoms. The fourth-order valence-electron chi connectivity index (χ4n) is 2.31. The highest BCUT2D eigenvalue weighted by Gasteiger charge is 2.02. The van der Waals surface area contributed by atoms with Crippen LogP contribution in [0.4, 0.5) is 5.69 Å². The summed E-state index contributed by atoms with van der Waals surface area (Å²) in [6, 6.07) is 15.3. The van der Waals surface area contributed by atoms with Crippen molar-refractivity contribution in [2.24, 2.45) is 5.10 Å². The van der Waals surface area contributed by atoms with Crippen molar-refractivity contribution in [1.82, 2.24) is 10.4 Å². The summed E-state index contributed by atoms with van der Waals surface area (Å²) in [5, 5.41) is 8.08. The predicted octanol–water partition coefficient (Wildman–Crippen LogP) is 2.74. The molecule has 0 unspecified atom stereocenters. The van der Waals surface area contributed by atoms with Gasteiger partial charge in [0, 0.05) is 28.4 Å². The van der Waals surface area contributed by atoms with Crippen LogP contribution in [0.15, 0.2) is 59.8 Å². The zero-order valence-corrected chi connectivity index (χ0v) is 13.2. The van der Waals surface area contributed by atoms with Crippen LogP contribution in [0, 0.1) is 0 Å². The number of ether oxygens (including phenoxy) is 1. The molecular formula is C18H18N4O2. The van der Waals surface area contributed by atoms with Gasteiger partial charge >= 0.3 is 0 Å². The average molecular weight is 322 g/mol. The Labute approximate surface area is 139 Å². The maximum atomic E-state index is 11.8. The monoisotopic (exact) mass is 322 g/mol. The molecule has 24 heavy (non-hydrogen) atoms. The largest absolute Gasteiger partial charge is 0.497 e. The molecular weight excluding hydrogens is 304 g/mol. The third kappa shape index (κ3) is 3.73. The molecule has 0 radical (unpaired) electrons. The van der Waals surface area contributed by atoms with Gasteiger partial charge in [0.25, 0.3) is 5.91 Å². The molecule has 0 spiro atoms. The molecule has 0 saturated heterocycles. The van der Waals surface area contributed by atoms with E-state index in [1.807, 2.05) is 54.7 Å². The molecule has 0 fully saturated rings. The number of rotatable bonds is 6. The summed E-state index contributed by atoms with van der Waals surface area (Å²) in [5.41, 5.74) is 5.31. The van der Waals surface area contributed by atoms with Gasteiger partial charge in [-0.1, -0.05) is 18.2 Å². The number of H-pyrrole nitrogens is 1. The third-order valence-electron chi connectivity index (χ3n) is 3.56. The smallest absolute Gasteiger partial charge is 0.259 e. The van der Waals surface area contributed by atoms with Crippen molar-refractivity contribution in [3.63, 3.8) is 0 Å². The number of methoxy groups -OCH3 is 1. The zero-order chi connectivity index (χ0) is 16.8. The Balaban J connectivity index is 1.51. The number of hydrogen-bond donors (Lipinski definition) is 3. The van der Waals surface area contributed by atoms with Gasteiger partial charge in [-0.05, 0) is 30.3 Å². The van der Waals surface area contributed by atoms with Crippen LogP contribution < -0.4 is 15.5 Å². The quantitative estimate of drug-likeness (QED) is 0.482. The van der Waals surface area contributed by atoms with E-state index in [1.165, 1.54) is 0 Å². The second kappa shape index (κ2) is 7.32. The Hall–Kier alpha value is -3.28. The molecule has 1 aromatic heterocycles. The summed E-state index contributed by atoms with van der Waals surface area (Å²) in [5.74, 6) is 0.551. The lowest BCUT2D eigenvalue weighted by atomic mass is 10.2. The standard InChI is InChI=1S/C18H18N4O2/c1-24-15-8-6-14(7-9-15)19-12-18(23)22-21-11-13-10-20-17-5-3-2-4-16(13)17/h2-11,19-20H,12H2,1H3,(H,22,23). The summed E-state index contributed by atoms with van der Waals surface area (Å²) in [7, 11) is 1.61. The molecule has 3 rings (SSSR count). The molecule has 0 aliphatic heterocycles. The Bertz CT molecular complexity index is 853. The second-order valence-corrected chi connectivity index (χ2v) is 5.16. The van der Waals surface area contributed by atoms with Gasteiger partial charge in [0.05, 0.1) is 19.9 Å². The van der Waals surface area contributed by atoms with Crippen molar-refractivity contribution in [2.75, 3.05) is 19.0 Å². The predicted molar refractivity (Wildman–Crippen MR) is 95.5 cm³/mol. The van der Waals surface area contributed by atoms with Crippen LogP contribution in [-0.2, 0) is 4.79 Å². The second-order valence-electron chi connectivity index (χ2n) is 5.16. The number of aromatic amines is 1. The van der Waals surface area contributed by atoms with Gasteiger partial charge in [0.1, 0.15) is 5.75 Å². The van der Waals surface area contributed by atoms with E-state index in [9.17, 15) is 4.79 Å². The topological polar surface area (TPSA) is 78.5 Å². The van der Waals surface area contributed by atoms with Crippen molar-refractivity contribution in [2.45, 2.75) is 0 Å². The number of anilines is 1. The lowest BCUT2D eigenvalue weighted by Crippen LogP contribution is -2.25. The van der Waals surface area contributed by atoms with Crippen molar-refractivity contribution in [3.8, 4) is 5.75 Å². The van der Waals surface area contributed by atoms with Crippen molar-refractivity contribution in [3.05, 3.63) is 60.3 Å². The van der Waals surface area contributed by atoms with E-state index in [4.69, 9.17) is 4.74 Å². The number of para-hydroxylation sites is 1. The van der Waals surface area contributed by atoms with Crippen LogP contribution in [0.5, 0.6) is 5.75 Å². The van der Waals surface area contributed by atoms with E-state index in [-0.39, 0.29) is 12.5 Å². The van der Waals surface area contributed by atoms with E-state index in [0.29, 0.717) is 0 Å². The first-order chi connectivity index (χ1) is 11.8. The number of amides is 1. The minimum absolute atomic E-state index is 0.136. The molecule has 0 aliphatic carbocycles. The zero-order valence-electron chi connectivity index (χ0n) is 13.2. The maximum Gasteiger partial charge on any atom is 0.259 e. The van der Waals surface area contributed by atoms with Gasteiger partial charge in [-0.3, -0.25) is 4.79 Å². The van der Waals surface area contributed by atoms with Gasteiger partial charge in [0.2, 0.25) is 0 Å². The number of hydrogen-bond acceptors (Lipinski definition) is 4. The number of benzene rings is 2. The van der Waals surface area contributed by atoms with Gasteiger partial charge in [-0.15, -0.1) is 0 Å². The summed E-state index contributed by atoms with van der Waals surface area (Å²) < 4.78 is 5.09. The molecule has 3 N–H and O–H groups in total. The molecule has 3 aromatic rings. The Morgan fingerprint density at radius 1 is 1.21 bits per heavy atom. The number of carbonyl (C=O) groups excluding carboxylic acids is 1. The Morgan fingerprint density at radius 2 is 2.00 bits per heavy atom. The van der Waals surface area contributed by atoms with Crippen molar-refractivity contribution in [1.29, 1.82) is 0 Å². The fraction of sp³-hybridized carbons (Fsp3) is 0.111. The number of carbonyl (C=O) groups is 1. The SMILES string of the molecule is COc1ccc(NCC(=O)NN=Cc2c[nH]c3ccccc23)cc1. The summed E-state index contributed by atoms with van der Waals surface area (Å²) >= 11 is 0. The first kappa shape index (κ1) is 15.6. The molecule has 6 nitrogen and oxygen atoms in total. The highest BCUT2D eigenvalue weighted by Crippen LogP contribution is 2.16. The Morgan fingerprint density at radius 3 is 2.79 bits per heavy atom. The minimum atomic E-state index is -0.220. The third-order valence-corrected chi connectivity index (χ3v) is 3.56. The number of fused-ring (bicyclic) bond motifs is 1. The number of aromatic nitrogens is 1. The van der Waals surface area contributed by atoms with E-state index in [2.05, 4.69) is 20.8 Å². The normalized spacial score (nSPS) is 10.9. The lowest BCUT2D eigenvalue weighted by Gasteiger charge is -2.06. The van der Waals surface area contributed by atoms with Crippen molar-refractivity contribution >= 4 is 28.7 Å². The van der Waals surface area contributed by atoms with Gasteiger partial charge in [-0.25, -0.2) is 5.43 Å². The van der Waals surface area contributed by atoms with E-state index < -0.39 is 0 Å². The molecule has 0 saturated carbocycles. The number of nitrogens with one attached hydrogen (secondary N) is 3.